The van der Waals surface area contributed by atoms with Crippen LogP contribution in [0.3, 0.4) is 0 Å². The number of amides is 1. The zero-order valence-electron chi connectivity index (χ0n) is 16.6. The molecule has 2 heterocycles. The van der Waals surface area contributed by atoms with Crippen LogP contribution in [0.2, 0.25) is 0 Å². The summed E-state index contributed by atoms with van der Waals surface area (Å²) in [6, 6.07) is 16.5. The van der Waals surface area contributed by atoms with Gasteiger partial charge in [-0.2, -0.15) is 0 Å². The van der Waals surface area contributed by atoms with Crippen molar-refractivity contribution in [3.05, 3.63) is 78.9 Å². The van der Waals surface area contributed by atoms with Gasteiger partial charge in [-0.25, -0.2) is 17.7 Å². The van der Waals surface area contributed by atoms with E-state index in [0.29, 0.717) is 37.6 Å². The fraction of sp³-hybridized carbons (Fsp3) is 0.273. The normalized spacial score (nSPS) is 16.2. The van der Waals surface area contributed by atoms with E-state index in [1.54, 1.807) is 65.5 Å². The molecule has 7 nitrogen and oxygen atoms in total. The molecule has 30 heavy (non-hydrogen) atoms. The monoisotopic (exact) mass is 425 g/mol. The van der Waals surface area contributed by atoms with Crippen molar-refractivity contribution in [3.8, 4) is 0 Å². The summed E-state index contributed by atoms with van der Waals surface area (Å²) in [4.78, 5) is 18.5. The average Bonchev–Trinajstić information content (AvgIpc) is 3.22. The molecule has 0 unspecified atom stereocenters. The molecular formula is C22H23N3O4S. The van der Waals surface area contributed by atoms with Gasteiger partial charge in [0.2, 0.25) is 0 Å². The van der Waals surface area contributed by atoms with E-state index in [1.165, 1.54) is 12.1 Å². The number of ether oxygens (including phenoxy) is 1. The maximum Gasteiger partial charge on any atom is 0.270 e. The molecule has 8 heteroatoms. The van der Waals surface area contributed by atoms with Gasteiger partial charge >= 0.3 is 0 Å². The standard InChI is InChI=1S/C22H23N3O4S/c1-18-23-14-15-24(18)22(12-16-29-17-13-22)21(26)25(19-8-4-2-5-9-19)30(27,28)20-10-6-3-7-11-20/h2-11,14-15H,12-13,16-17H2,1H3. The highest BCUT2D eigenvalue weighted by Gasteiger charge is 2.48. The van der Waals surface area contributed by atoms with Gasteiger partial charge in [0.25, 0.3) is 15.9 Å². The Bertz CT molecular complexity index is 1120. The summed E-state index contributed by atoms with van der Waals surface area (Å²) in [6.07, 6.45) is 4.07. The molecule has 0 radical (unpaired) electrons. The van der Waals surface area contributed by atoms with E-state index in [-0.39, 0.29) is 4.90 Å². The Labute approximate surface area is 176 Å². The Hall–Kier alpha value is -2.97. The smallest absolute Gasteiger partial charge is 0.270 e. The van der Waals surface area contributed by atoms with Crippen LogP contribution >= 0.6 is 0 Å². The molecule has 0 atom stereocenters. The van der Waals surface area contributed by atoms with E-state index in [4.69, 9.17) is 4.74 Å². The summed E-state index contributed by atoms with van der Waals surface area (Å²) in [5.41, 5.74) is -0.800. The molecule has 0 aliphatic carbocycles. The number of benzene rings is 2. The highest BCUT2D eigenvalue weighted by Crippen LogP contribution is 2.36. The summed E-state index contributed by atoms with van der Waals surface area (Å²) in [5, 5.41) is 0. The van der Waals surface area contributed by atoms with E-state index >= 15 is 0 Å². The van der Waals surface area contributed by atoms with Crippen molar-refractivity contribution in [1.82, 2.24) is 9.55 Å². The van der Waals surface area contributed by atoms with Crippen molar-refractivity contribution in [2.45, 2.75) is 30.2 Å². The second-order valence-corrected chi connectivity index (χ2v) is 9.00. The van der Waals surface area contributed by atoms with Gasteiger partial charge in [-0.1, -0.05) is 36.4 Å². The molecule has 0 spiro atoms. The fourth-order valence-electron chi connectivity index (χ4n) is 3.91. The number of carbonyl (C=O) groups is 1. The van der Waals surface area contributed by atoms with Crippen LogP contribution in [-0.2, 0) is 25.1 Å². The Kier molecular flexibility index (Phi) is 5.44. The van der Waals surface area contributed by atoms with E-state index in [2.05, 4.69) is 4.98 Å². The summed E-state index contributed by atoms with van der Waals surface area (Å²) in [6.45, 7) is 2.53. The molecule has 1 aliphatic rings. The van der Waals surface area contributed by atoms with Gasteiger partial charge in [-0.3, -0.25) is 4.79 Å². The number of nitrogens with zero attached hydrogens (tertiary/aromatic N) is 3. The van der Waals surface area contributed by atoms with Crippen LogP contribution in [0.15, 0.2) is 78.0 Å². The van der Waals surface area contributed by atoms with Crippen LogP contribution < -0.4 is 4.31 Å². The number of rotatable bonds is 5. The van der Waals surface area contributed by atoms with Crippen LogP contribution in [0, 0.1) is 6.92 Å². The van der Waals surface area contributed by atoms with Gasteiger partial charge in [0, 0.05) is 38.4 Å². The lowest BCUT2D eigenvalue weighted by Gasteiger charge is -2.40. The number of aryl methyl sites for hydroxylation is 1. The van der Waals surface area contributed by atoms with Crippen molar-refractivity contribution in [2.24, 2.45) is 0 Å². The van der Waals surface area contributed by atoms with Gasteiger partial charge < -0.3 is 9.30 Å². The molecule has 1 fully saturated rings. The first-order valence-corrected chi connectivity index (χ1v) is 11.2. The largest absolute Gasteiger partial charge is 0.381 e. The predicted octanol–water partition coefficient (Wildman–Crippen LogP) is 3.12. The maximum absolute atomic E-state index is 14.1. The highest BCUT2D eigenvalue weighted by molar-refractivity contribution is 7.93. The average molecular weight is 426 g/mol. The number of sulfonamides is 1. The SMILES string of the molecule is Cc1nccn1C1(C(=O)N(c2ccccc2)S(=O)(=O)c2ccccc2)CCOCC1. The third kappa shape index (κ3) is 3.42. The minimum Gasteiger partial charge on any atom is -0.381 e. The quantitative estimate of drug-likeness (QED) is 0.627. The summed E-state index contributed by atoms with van der Waals surface area (Å²) < 4.78 is 35.6. The lowest BCUT2D eigenvalue weighted by molar-refractivity contribution is -0.131. The van der Waals surface area contributed by atoms with E-state index < -0.39 is 21.5 Å². The van der Waals surface area contributed by atoms with Crippen molar-refractivity contribution in [2.75, 3.05) is 17.5 Å². The number of anilines is 1. The molecule has 2 aromatic carbocycles. The van der Waals surface area contributed by atoms with Crippen LogP contribution in [0.4, 0.5) is 5.69 Å². The summed E-state index contributed by atoms with van der Waals surface area (Å²) in [5.74, 6) is 0.136. The summed E-state index contributed by atoms with van der Waals surface area (Å²) in [7, 11) is -4.14. The zero-order valence-corrected chi connectivity index (χ0v) is 17.5. The van der Waals surface area contributed by atoms with E-state index in [9.17, 15) is 13.2 Å². The molecule has 156 valence electrons. The Morgan fingerprint density at radius 2 is 1.63 bits per heavy atom. The molecular weight excluding hydrogens is 402 g/mol. The number of para-hydroxylation sites is 1. The van der Waals surface area contributed by atoms with Gasteiger partial charge in [-0.15, -0.1) is 0 Å². The minimum atomic E-state index is -4.14. The van der Waals surface area contributed by atoms with Crippen molar-refractivity contribution in [1.29, 1.82) is 0 Å². The molecule has 0 N–H and O–H groups in total. The Balaban J connectivity index is 1.90. The van der Waals surface area contributed by atoms with E-state index in [0.717, 1.165) is 4.31 Å². The minimum absolute atomic E-state index is 0.0618. The molecule has 1 aromatic heterocycles. The highest BCUT2D eigenvalue weighted by atomic mass is 32.2. The van der Waals surface area contributed by atoms with Gasteiger partial charge in [0.15, 0.2) is 0 Å². The fourth-order valence-corrected chi connectivity index (χ4v) is 5.41. The Morgan fingerprint density at radius 3 is 2.20 bits per heavy atom. The Morgan fingerprint density at radius 1 is 1.03 bits per heavy atom. The lowest BCUT2D eigenvalue weighted by Crippen LogP contribution is -2.55. The van der Waals surface area contributed by atoms with Crippen LogP contribution in [0.1, 0.15) is 18.7 Å². The predicted molar refractivity (Wildman–Crippen MR) is 113 cm³/mol. The molecule has 0 saturated carbocycles. The second kappa shape index (κ2) is 8.04. The number of imidazole rings is 1. The first kappa shape index (κ1) is 20.3. The summed E-state index contributed by atoms with van der Waals surface area (Å²) >= 11 is 0. The molecule has 4 rings (SSSR count). The molecule has 1 aliphatic heterocycles. The van der Waals surface area contributed by atoms with Gasteiger partial charge in [-0.05, 0) is 31.2 Å². The molecule has 0 bridgehead atoms. The number of aromatic nitrogens is 2. The molecule has 1 saturated heterocycles. The first-order valence-electron chi connectivity index (χ1n) is 9.75. The maximum atomic E-state index is 14.1. The number of carbonyl (C=O) groups excluding carboxylic acids is 1. The topological polar surface area (TPSA) is 81.5 Å². The van der Waals surface area contributed by atoms with Crippen molar-refractivity contribution in [3.63, 3.8) is 0 Å². The number of hydrogen-bond acceptors (Lipinski definition) is 5. The zero-order chi connectivity index (χ0) is 21.2. The lowest BCUT2D eigenvalue weighted by atomic mass is 9.88. The van der Waals surface area contributed by atoms with E-state index in [1.807, 2.05) is 6.92 Å². The number of hydrogen-bond donors (Lipinski definition) is 0. The van der Waals surface area contributed by atoms with Gasteiger partial charge in [0.1, 0.15) is 11.4 Å². The molecule has 1 amide bonds. The van der Waals surface area contributed by atoms with Crippen LogP contribution in [0.5, 0.6) is 0 Å². The third-order valence-corrected chi connectivity index (χ3v) is 7.19. The van der Waals surface area contributed by atoms with Crippen LogP contribution in [-0.4, -0.2) is 37.1 Å². The van der Waals surface area contributed by atoms with Gasteiger partial charge in [0.05, 0.1) is 10.6 Å². The molecule has 3 aromatic rings. The van der Waals surface area contributed by atoms with Crippen molar-refractivity contribution >= 4 is 21.6 Å². The first-order chi connectivity index (χ1) is 14.5. The third-order valence-electron chi connectivity index (χ3n) is 5.46. The van der Waals surface area contributed by atoms with Crippen LogP contribution in [0.25, 0.3) is 0 Å². The second-order valence-electron chi connectivity index (χ2n) is 7.21. The van der Waals surface area contributed by atoms with Crippen molar-refractivity contribution < 1.29 is 17.9 Å².